The van der Waals surface area contributed by atoms with E-state index < -0.39 is 0 Å². The molecule has 0 bridgehead atoms. The predicted molar refractivity (Wildman–Crippen MR) is 58.3 cm³/mol. The number of hydrogen-bond donors (Lipinski definition) is 3. The highest BCUT2D eigenvalue weighted by Crippen LogP contribution is 2.11. The first-order valence-electron chi connectivity index (χ1n) is 5.21. The molecule has 4 heteroatoms. The Bertz CT molecular complexity index is 138. The van der Waals surface area contributed by atoms with Crippen LogP contribution in [-0.4, -0.2) is 43.6 Å². The Hall–Kier alpha value is -0.160. The summed E-state index contributed by atoms with van der Waals surface area (Å²) >= 11 is 0. The fourth-order valence-electron chi connectivity index (χ4n) is 1.57. The lowest BCUT2D eigenvalue weighted by Gasteiger charge is -2.35. The van der Waals surface area contributed by atoms with E-state index in [0.29, 0.717) is 13.2 Å². The monoisotopic (exact) mass is 204 g/mol. The molecule has 0 saturated heterocycles. The van der Waals surface area contributed by atoms with Gasteiger partial charge in [0.1, 0.15) is 0 Å². The quantitative estimate of drug-likeness (QED) is 0.524. The Morgan fingerprint density at radius 2 is 2.21 bits per heavy atom. The van der Waals surface area contributed by atoms with Gasteiger partial charge in [-0.25, -0.2) is 0 Å². The van der Waals surface area contributed by atoms with E-state index in [-0.39, 0.29) is 18.2 Å². The van der Waals surface area contributed by atoms with Crippen molar-refractivity contribution in [2.45, 2.75) is 38.3 Å². The third kappa shape index (κ3) is 4.37. The van der Waals surface area contributed by atoms with Crippen LogP contribution in [-0.2, 0) is 4.74 Å². The molecule has 0 heterocycles. The molecule has 2 atom stereocenters. The van der Waals surface area contributed by atoms with E-state index in [0.717, 1.165) is 12.8 Å². The molecule has 0 amide bonds. The molecular formula is C10H24N2O2. The molecule has 0 spiro atoms. The summed E-state index contributed by atoms with van der Waals surface area (Å²) in [6, 6.07) is 0.263. The Kier molecular flexibility index (Phi) is 7.09. The number of rotatable bonds is 8. The number of hydrogen-bond acceptors (Lipinski definition) is 4. The molecule has 0 rings (SSSR count). The van der Waals surface area contributed by atoms with Crippen molar-refractivity contribution in [3.8, 4) is 0 Å². The van der Waals surface area contributed by atoms with Crippen LogP contribution in [0.25, 0.3) is 0 Å². The Morgan fingerprint density at radius 1 is 1.57 bits per heavy atom. The van der Waals surface area contributed by atoms with Crippen LogP contribution in [0.3, 0.4) is 0 Å². The molecule has 0 aliphatic heterocycles. The molecule has 86 valence electrons. The summed E-state index contributed by atoms with van der Waals surface area (Å²) in [5, 5.41) is 12.2. The van der Waals surface area contributed by atoms with E-state index in [1.807, 2.05) is 6.92 Å². The van der Waals surface area contributed by atoms with Crippen molar-refractivity contribution in [1.82, 2.24) is 5.32 Å². The molecule has 0 aliphatic carbocycles. The Morgan fingerprint density at radius 3 is 2.57 bits per heavy atom. The van der Waals surface area contributed by atoms with Crippen molar-refractivity contribution < 1.29 is 9.84 Å². The molecule has 0 fully saturated rings. The highest BCUT2D eigenvalue weighted by atomic mass is 16.5. The van der Waals surface area contributed by atoms with Gasteiger partial charge >= 0.3 is 0 Å². The maximum atomic E-state index is 8.81. The number of aliphatic hydroxyl groups excluding tert-OH is 1. The van der Waals surface area contributed by atoms with Crippen LogP contribution >= 0.6 is 0 Å². The van der Waals surface area contributed by atoms with E-state index in [1.165, 1.54) is 0 Å². The van der Waals surface area contributed by atoms with Gasteiger partial charge in [0.25, 0.3) is 0 Å². The molecular weight excluding hydrogens is 180 g/mol. The summed E-state index contributed by atoms with van der Waals surface area (Å²) in [6.07, 6.45) is 1.67. The second-order valence-corrected chi connectivity index (χ2v) is 3.83. The smallest absolute Gasteiger partial charge is 0.0656 e. The van der Waals surface area contributed by atoms with Crippen molar-refractivity contribution in [3.05, 3.63) is 0 Å². The molecule has 4 nitrogen and oxygen atoms in total. The maximum Gasteiger partial charge on any atom is 0.0656 e. The molecule has 4 N–H and O–H groups in total. The van der Waals surface area contributed by atoms with Gasteiger partial charge in [0.05, 0.1) is 12.1 Å². The SMILES string of the molecule is CCC(CN)(COC)NC(C)CCO. The average Bonchev–Trinajstić information content (AvgIpc) is 2.17. The van der Waals surface area contributed by atoms with Crippen LogP contribution in [0, 0.1) is 0 Å². The number of nitrogens with two attached hydrogens (primary N) is 1. The van der Waals surface area contributed by atoms with Crippen LogP contribution in [0.5, 0.6) is 0 Å². The van der Waals surface area contributed by atoms with Gasteiger partial charge in [-0.3, -0.25) is 0 Å². The summed E-state index contributed by atoms with van der Waals surface area (Å²) in [7, 11) is 1.68. The van der Waals surface area contributed by atoms with Crippen LogP contribution in [0.1, 0.15) is 26.7 Å². The minimum absolute atomic E-state index is 0.149. The minimum atomic E-state index is -0.149. The van der Waals surface area contributed by atoms with E-state index in [2.05, 4.69) is 12.2 Å². The highest BCUT2D eigenvalue weighted by Gasteiger charge is 2.27. The largest absolute Gasteiger partial charge is 0.396 e. The molecule has 0 saturated carbocycles. The lowest BCUT2D eigenvalue weighted by Crippen LogP contribution is -2.57. The van der Waals surface area contributed by atoms with Gasteiger partial charge in [0.2, 0.25) is 0 Å². The highest BCUT2D eigenvalue weighted by molar-refractivity contribution is 4.89. The van der Waals surface area contributed by atoms with Gasteiger partial charge in [0, 0.05) is 26.3 Å². The molecule has 14 heavy (non-hydrogen) atoms. The molecule has 0 aromatic rings. The first-order valence-corrected chi connectivity index (χ1v) is 5.21. The molecule has 0 aromatic carbocycles. The van der Waals surface area contributed by atoms with E-state index >= 15 is 0 Å². The normalized spacial score (nSPS) is 17.8. The van der Waals surface area contributed by atoms with E-state index in [9.17, 15) is 0 Å². The summed E-state index contributed by atoms with van der Waals surface area (Å²) < 4.78 is 5.16. The lowest BCUT2D eigenvalue weighted by molar-refractivity contribution is 0.0991. The minimum Gasteiger partial charge on any atom is -0.396 e. The molecule has 0 radical (unpaired) electrons. The van der Waals surface area contributed by atoms with Crippen molar-refractivity contribution >= 4 is 0 Å². The standard InChI is InChI=1S/C10H24N2O2/c1-4-10(7-11,8-14-3)12-9(2)5-6-13/h9,12-13H,4-8,11H2,1-3H3. The van der Waals surface area contributed by atoms with Gasteiger partial charge in [-0.2, -0.15) is 0 Å². The maximum absolute atomic E-state index is 8.81. The summed E-state index contributed by atoms with van der Waals surface area (Å²) in [6.45, 7) is 5.49. The number of nitrogens with one attached hydrogen (secondary N) is 1. The third-order valence-electron chi connectivity index (χ3n) is 2.60. The van der Waals surface area contributed by atoms with Gasteiger partial charge in [-0.15, -0.1) is 0 Å². The van der Waals surface area contributed by atoms with E-state index in [1.54, 1.807) is 7.11 Å². The first-order chi connectivity index (χ1) is 6.64. The van der Waals surface area contributed by atoms with Crippen LogP contribution in [0.15, 0.2) is 0 Å². The molecule has 0 aliphatic rings. The zero-order chi connectivity index (χ0) is 11.0. The number of methoxy groups -OCH3 is 1. The number of ether oxygens (including phenoxy) is 1. The topological polar surface area (TPSA) is 67.5 Å². The summed E-state index contributed by atoms with van der Waals surface area (Å²) in [5.74, 6) is 0. The fraction of sp³-hybridized carbons (Fsp3) is 1.00. The van der Waals surface area contributed by atoms with Crippen molar-refractivity contribution in [2.75, 3.05) is 26.9 Å². The van der Waals surface area contributed by atoms with E-state index in [4.69, 9.17) is 15.6 Å². The third-order valence-corrected chi connectivity index (χ3v) is 2.60. The van der Waals surface area contributed by atoms with Gasteiger partial charge in [-0.05, 0) is 19.8 Å². The fourth-order valence-corrected chi connectivity index (χ4v) is 1.57. The van der Waals surface area contributed by atoms with Gasteiger partial charge < -0.3 is 20.9 Å². The zero-order valence-corrected chi connectivity index (χ0v) is 9.55. The first kappa shape index (κ1) is 13.8. The van der Waals surface area contributed by atoms with Crippen molar-refractivity contribution in [2.24, 2.45) is 5.73 Å². The lowest BCUT2D eigenvalue weighted by atomic mass is 9.95. The Balaban J connectivity index is 4.18. The zero-order valence-electron chi connectivity index (χ0n) is 9.55. The second-order valence-electron chi connectivity index (χ2n) is 3.83. The van der Waals surface area contributed by atoms with Gasteiger partial charge in [0.15, 0.2) is 0 Å². The average molecular weight is 204 g/mol. The van der Waals surface area contributed by atoms with Crippen molar-refractivity contribution in [1.29, 1.82) is 0 Å². The molecule has 2 unspecified atom stereocenters. The van der Waals surface area contributed by atoms with Crippen LogP contribution in [0.4, 0.5) is 0 Å². The molecule has 0 aromatic heterocycles. The summed E-state index contributed by atoms with van der Waals surface area (Å²) in [5.41, 5.74) is 5.59. The van der Waals surface area contributed by atoms with Crippen LogP contribution < -0.4 is 11.1 Å². The predicted octanol–water partition coefficient (Wildman–Crippen LogP) is 0.101. The number of aliphatic hydroxyl groups is 1. The second kappa shape index (κ2) is 7.17. The van der Waals surface area contributed by atoms with Gasteiger partial charge in [-0.1, -0.05) is 6.92 Å². The summed E-state index contributed by atoms with van der Waals surface area (Å²) in [4.78, 5) is 0. The van der Waals surface area contributed by atoms with Crippen molar-refractivity contribution in [3.63, 3.8) is 0 Å². The van der Waals surface area contributed by atoms with Crippen LogP contribution in [0.2, 0.25) is 0 Å². The Labute approximate surface area is 86.8 Å².